The second-order valence-corrected chi connectivity index (χ2v) is 11.3. The van der Waals surface area contributed by atoms with Gasteiger partial charge in [0.25, 0.3) is 11.1 Å². The Bertz CT molecular complexity index is 1540. The number of carbonyl (C=O) groups is 3. The van der Waals surface area contributed by atoms with Crippen LogP contribution < -0.4 is 14.4 Å². The van der Waals surface area contributed by atoms with Gasteiger partial charge in [-0.15, -0.1) is 0 Å². The summed E-state index contributed by atoms with van der Waals surface area (Å²) in [6.45, 7) is 3.82. The molecule has 2 fully saturated rings. The Morgan fingerprint density at radius 3 is 2.33 bits per heavy atom. The molecule has 3 amide bonds. The number of rotatable bonds is 10. The van der Waals surface area contributed by atoms with Crippen molar-refractivity contribution in [2.75, 3.05) is 44.7 Å². The molecule has 2 aliphatic rings. The van der Waals surface area contributed by atoms with Gasteiger partial charge in [-0.05, 0) is 91.8 Å². The van der Waals surface area contributed by atoms with E-state index < -0.39 is 5.91 Å². The van der Waals surface area contributed by atoms with Gasteiger partial charge in [0.15, 0.2) is 0 Å². The number of thioether (sulfide) groups is 1. The molecule has 0 bridgehead atoms. The van der Waals surface area contributed by atoms with Crippen LogP contribution in [0.4, 0.5) is 10.5 Å². The molecule has 0 spiro atoms. The summed E-state index contributed by atoms with van der Waals surface area (Å²) >= 11 is 0.888. The summed E-state index contributed by atoms with van der Waals surface area (Å²) in [4.78, 5) is 44.0. The van der Waals surface area contributed by atoms with E-state index in [4.69, 9.17) is 14.7 Å². The molecule has 0 aliphatic carbocycles. The van der Waals surface area contributed by atoms with Gasteiger partial charge in [-0.25, -0.2) is 4.90 Å². The maximum absolute atomic E-state index is 13.2. The molecule has 2 heterocycles. The molecule has 0 unspecified atom stereocenters. The van der Waals surface area contributed by atoms with Crippen molar-refractivity contribution in [2.24, 2.45) is 0 Å². The smallest absolute Gasteiger partial charge is 0.298 e. The highest BCUT2D eigenvalue weighted by molar-refractivity contribution is 8.19. The summed E-state index contributed by atoms with van der Waals surface area (Å²) in [5, 5.41) is 8.55. The van der Waals surface area contributed by atoms with E-state index in [1.807, 2.05) is 4.90 Å². The third kappa shape index (κ3) is 7.83. The van der Waals surface area contributed by atoms with Gasteiger partial charge < -0.3 is 19.3 Å². The summed E-state index contributed by atoms with van der Waals surface area (Å²) in [6, 6.07) is 23.0. The first-order chi connectivity index (χ1) is 20.9. The van der Waals surface area contributed by atoms with Gasteiger partial charge in [0.1, 0.15) is 17.2 Å². The first kappa shape index (κ1) is 29.9. The zero-order chi connectivity index (χ0) is 30.2. The highest BCUT2D eigenvalue weighted by Gasteiger charge is 2.36. The van der Waals surface area contributed by atoms with E-state index in [-0.39, 0.29) is 11.1 Å². The van der Waals surface area contributed by atoms with Crippen LogP contribution in [0.25, 0.3) is 6.08 Å². The number of imide groups is 1. The van der Waals surface area contributed by atoms with E-state index in [9.17, 15) is 14.4 Å². The molecule has 9 nitrogen and oxygen atoms in total. The number of ether oxygens (including phenoxy) is 2. The van der Waals surface area contributed by atoms with Crippen molar-refractivity contribution in [2.45, 2.75) is 19.3 Å². The number of nitrogens with zero attached hydrogens (tertiary/aromatic N) is 4. The predicted octanol–water partition coefficient (Wildman–Crippen LogP) is 5.91. The van der Waals surface area contributed by atoms with Crippen molar-refractivity contribution in [1.29, 1.82) is 5.26 Å². The number of hydrogen-bond acceptors (Lipinski definition) is 8. The molecule has 3 aromatic carbocycles. The number of likely N-dealkylation sites (N-methyl/N-ethyl adjacent to an activating group) is 1. The van der Waals surface area contributed by atoms with Gasteiger partial charge in [-0.1, -0.05) is 18.2 Å². The van der Waals surface area contributed by atoms with Crippen LogP contribution in [-0.4, -0.2) is 66.7 Å². The highest BCUT2D eigenvalue weighted by atomic mass is 32.2. The third-order valence-corrected chi connectivity index (χ3v) is 8.05. The van der Waals surface area contributed by atoms with Gasteiger partial charge >= 0.3 is 0 Å². The lowest BCUT2D eigenvalue weighted by Crippen LogP contribution is -2.47. The van der Waals surface area contributed by atoms with Gasteiger partial charge in [0.05, 0.1) is 28.8 Å². The van der Waals surface area contributed by atoms with E-state index in [0.717, 1.165) is 61.2 Å². The predicted molar refractivity (Wildman–Crippen MR) is 166 cm³/mol. The number of unbranched alkanes of at least 4 members (excludes halogenated alkanes) is 1. The number of piperazine rings is 1. The maximum Gasteiger partial charge on any atom is 0.298 e. The zero-order valence-electron chi connectivity index (χ0n) is 23.9. The first-order valence-electron chi connectivity index (χ1n) is 14.1. The Morgan fingerprint density at radius 2 is 1.63 bits per heavy atom. The monoisotopic (exact) mass is 596 g/mol. The van der Waals surface area contributed by atoms with E-state index in [2.05, 4.69) is 18.0 Å². The molecule has 0 radical (unpaired) electrons. The van der Waals surface area contributed by atoms with Crippen molar-refractivity contribution in [3.05, 3.63) is 88.8 Å². The van der Waals surface area contributed by atoms with Crippen LogP contribution in [0.15, 0.2) is 77.7 Å². The molecular weight excluding hydrogens is 564 g/mol. The van der Waals surface area contributed by atoms with Crippen LogP contribution in [0.5, 0.6) is 17.2 Å². The van der Waals surface area contributed by atoms with Crippen LogP contribution in [0.3, 0.4) is 0 Å². The molecule has 0 aromatic heterocycles. The Hall–Kier alpha value is -4.59. The number of amides is 3. The topological polar surface area (TPSA) is 103 Å². The van der Waals surface area contributed by atoms with Crippen molar-refractivity contribution >= 4 is 40.6 Å². The second kappa shape index (κ2) is 14.1. The molecule has 0 saturated carbocycles. The Labute approximate surface area is 255 Å². The molecule has 3 aromatic rings. The normalized spacial score (nSPS) is 16.4. The molecule has 43 heavy (non-hydrogen) atoms. The van der Waals surface area contributed by atoms with Gasteiger partial charge in [-0.3, -0.25) is 14.4 Å². The van der Waals surface area contributed by atoms with Crippen molar-refractivity contribution in [1.82, 2.24) is 9.80 Å². The number of hydrogen-bond donors (Lipinski definition) is 0. The van der Waals surface area contributed by atoms with Crippen LogP contribution in [0.2, 0.25) is 0 Å². The molecular formula is C33H32N4O5S. The minimum absolute atomic E-state index is 0.190. The largest absolute Gasteiger partial charge is 0.494 e. The van der Waals surface area contributed by atoms with E-state index in [1.54, 1.807) is 78.9 Å². The third-order valence-electron chi connectivity index (χ3n) is 7.18. The summed E-state index contributed by atoms with van der Waals surface area (Å²) in [5.74, 6) is 1.56. The second-order valence-electron chi connectivity index (χ2n) is 10.3. The van der Waals surface area contributed by atoms with E-state index in [1.165, 1.54) is 0 Å². The lowest BCUT2D eigenvalue weighted by atomic mass is 10.2. The minimum Gasteiger partial charge on any atom is -0.494 e. The lowest BCUT2D eigenvalue weighted by Gasteiger charge is -2.32. The Morgan fingerprint density at radius 1 is 0.930 bits per heavy atom. The van der Waals surface area contributed by atoms with E-state index in [0.29, 0.717) is 46.4 Å². The Balaban J connectivity index is 1.13. The van der Waals surface area contributed by atoms with Crippen LogP contribution >= 0.6 is 11.8 Å². The Kier molecular flexibility index (Phi) is 9.77. The van der Waals surface area contributed by atoms with Gasteiger partial charge in [0, 0.05) is 38.7 Å². The maximum atomic E-state index is 13.2. The average molecular weight is 597 g/mol. The molecule has 5 rings (SSSR count). The SMILES string of the molecule is CN1CCN(C(=O)CCCCOc2cccc(N3C(=O)SC(=Cc4ccc(Oc5ccc(C#N)cc5)cc4)C3=O)c2)CC1. The van der Waals surface area contributed by atoms with Gasteiger partial charge in [0.2, 0.25) is 5.91 Å². The van der Waals surface area contributed by atoms with E-state index >= 15 is 0 Å². The molecule has 220 valence electrons. The number of anilines is 1. The van der Waals surface area contributed by atoms with Crippen LogP contribution in [-0.2, 0) is 9.59 Å². The number of nitriles is 1. The van der Waals surface area contributed by atoms with Crippen LogP contribution in [0, 0.1) is 11.3 Å². The molecule has 10 heteroatoms. The first-order valence-corrected chi connectivity index (χ1v) is 15.0. The summed E-state index contributed by atoms with van der Waals surface area (Å²) in [7, 11) is 2.07. The summed E-state index contributed by atoms with van der Waals surface area (Å²) < 4.78 is 11.7. The van der Waals surface area contributed by atoms with Crippen LogP contribution in [0.1, 0.15) is 30.4 Å². The number of benzene rings is 3. The molecule has 0 N–H and O–H groups in total. The number of carbonyl (C=O) groups excluding carboxylic acids is 3. The summed E-state index contributed by atoms with van der Waals surface area (Å²) in [6.07, 6.45) is 3.65. The van der Waals surface area contributed by atoms with Crippen molar-refractivity contribution in [3.8, 4) is 23.3 Å². The standard InChI is InChI=1S/C33H32N4O5S/c1-35-16-18-36(19-17-35)31(38)7-2-3-20-41-29-6-4-5-26(22-29)37-32(39)30(43-33(37)40)21-24-8-12-27(13-9-24)42-28-14-10-25(23-34)11-15-28/h4-6,8-15,21-22H,2-3,7,16-20H2,1H3. The van der Waals surface area contributed by atoms with Crippen molar-refractivity contribution in [3.63, 3.8) is 0 Å². The zero-order valence-corrected chi connectivity index (χ0v) is 24.7. The highest BCUT2D eigenvalue weighted by Crippen LogP contribution is 2.37. The average Bonchev–Trinajstić information content (AvgIpc) is 3.30. The molecule has 0 atom stereocenters. The van der Waals surface area contributed by atoms with Gasteiger partial charge in [-0.2, -0.15) is 5.26 Å². The molecule has 2 saturated heterocycles. The quantitative estimate of drug-likeness (QED) is 0.210. The fourth-order valence-corrected chi connectivity index (χ4v) is 5.54. The fourth-order valence-electron chi connectivity index (χ4n) is 4.70. The lowest BCUT2D eigenvalue weighted by molar-refractivity contribution is -0.132. The van der Waals surface area contributed by atoms with Crippen molar-refractivity contribution < 1.29 is 23.9 Å². The minimum atomic E-state index is -0.396. The summed E-state index contributed by atoms with van der Waals surface area (Å²) in [5.41, 5.74) is 1.75. The fraction of sp³-hybridized carbons (Fsp3) is 0.273. The molecule has 2 aliphatic heterocycles.